The third-order valence-electron chi connectivity index (χ3n) is 1.99. The molecule has 7 nitrogen and oxygen atoms in total. The van der Waals surface area contributed by atoms with Crippen molar-refractivity contribution < 1.29 is 14.1 Å². The van der Waals surface area contributed by atoms with Crippen molar-refractivity contribution in [2.75, 3.05) is 5.32 Å². The summed E-state index contributed by atoms with van der Waals surface area (Å²) in [5.41, 5.74) is 0. The first-order valence-electron chi connectivity index (χ1n) is 4.74. The average molecular weight is 312 g/mol. The Hall–Kier alpha value is -2.22. The number of carbonyl (C=O) groups is 1. The molecule has 0 unspecified atom stereocenters. The van der Waals surface area contributed by atoms with Gasteiger partial charge in [0.15, 0.2) is 5.76 Å². The Kier molecular flexibility index (Phi) is 3.38. The van der Waals surface area contributed by atoms with Crippen LogP contribution in [0.25, 0.3) is 0 Å². The number of hydrogen-bond donors (Lipinski definition) is 1. The van der Waals surface area contributed by atoms with E-state index in [-0.39, 0.29) is 5.76 Å². The molecule has 0 aliphatic carbocycles. The molecule has 0 aromatic carbocycles. The summed E-state index contributed by atoms with van der Waals surface area (Å²) < 4.78 is 5.36. The fourth-order valence-electron chi connectivity index (χ4n) is 1.19. The van der Waals surface area contributed by atoms with Crippen LogP contribution in [0, 0.1) is 10.1 Å². The smallest absolute Gasteiger partial charge is 0.395 e. The Morgan fingerprint density at radius 1 is 1.44 bits per heavy atom. The van der Waals surface area contributed by atoms with Gasteiger partial charge in [0.1, 0.15) is 10.7 Å². The van der Waals surface area contributed by atoms with Crippen molar-refractivity contribution >= 4 is 33.5 Å². The fraction of sp³-hybridized carbons (Fsp3) is 0. The minimum absolute atomic E-state index is 0.153. The van der Waals surface area contributed by atoms with Crippen molar-refractivity contribution in [2.45, 2.75) is 0 Å². The lowest BCUT2D eigenvalue weighted by molar-refractivity contribution is -0.402. The van der Waals surface area contributed by atoms with Crippen LogP contribution in [0.1, 0.15) is 10.6 Å². The molecule has 1 N–H and O–H groups in total. The quantitative estimate of drug-likeness (QED) is 0.694. The second-order valence-corrected chi connectivity index (χ2v) is 4.04. The zero-order valence-electron chi connectivity index (χ0n) is 8.79. The monoisotopic (exact) mass is 311 g/mol. The number of aromatic nitrogens is 1. The van der Waals surface area contributed by atoms with Crippen LogP contribution >= 0.6 is 15.9 Å². The maximum absolute atomic E-state index is 11.7. The highest BCUT2D eigenvalue weighted by Crippen LogP contribution is 2.21. The third kappa shape index (κ3) is 2.54. The van der Waals surface area contributed by atoms with Gasteiger partial charge in [0.25, 0.3) is 5.91 Å². The molecule has 2 heterocycles. The van der Waals surface area contributed by atoms with E-state index in [0.717, 1.165) is 6.07 Å². The van der Waals surface area contributed by atoms with Gasteiger partial charge in [-0.25, -0.2) is 4.98 Å². The van der Waals surface area contributed by atoms with E-state index < -0.39 is 16.7 Å². The molecule has 0 atom stereocenters. The molecular weight excluding hydrogens is 306 g/mol. The van der Waals surface area contributed by atoms with Crippen LogP contribution in [0.2, 0.25) is 0 Å². The zero-order chi connectivity index (χ0) is 13.1. The number of nitrogens with one attached hydrogen (secondary N) is 1. The molecule has 0 aliphatic heterocycles. The zero-order valence-corrected chi connectivity index (χ0v) is 10.4. The Morgan fingerprint density at radius 2 is 2.22 bits per heavy atom. The van der Waals surface area contributed by atoms with E-state index in [2.05, 4.69) is 26.2 Å². The van der Waals surface area contributed by atoms with Crippen LogP contribution in [0.15, 0.2) is 39.4 Å². The number of hydrogen-bond acceptors (Lipinski definition) is 5. The highest BCUT2D eigenvalue weighted by atomic mass is 79.9. The number of anilines is 1. The molecule has 0 bridgehead atoms. The Bertz CT molecular complexity index is 611. The number of nitro groups is 1. The maximum atomic E-state index is 11.7. The summed E-state index contributed by atoms with van der Waals surface area (Å²) in [5.74, 6) is -0.941. The van der Waals surface area contributed by atoms with E-state index >= 15 is 0 Å². The highest BCUT2D eigenvalue weighted by molar-refractivity contribution is 9.10. The molecule has 0 spiro atoms. The van der Waals surface area contributed by atoms with Crippen molar-refractivity contribution in [2.24, 2.45) is 0 Å². The van der Waals surface area contributed by atoms with Gasteiger partial charge in [-0.2, -0.15) is 0 Å². The summed E-state index contributed by atoms with van der Waals surface area (Å²) in [4.78, 5) is 25.3. The summed E-state index contributed by atoms with van der Waals surface area (Å²) in [6.45, 7) is 0. The van der Waals surface area contributed by atoms with Crippen molar-refractivity contribution in [3.8, 4) is 0 Å². The summed E-state index contributed by atoms with van der Waals surface area (Å²) in [5, 5.41) is 12.9. The number of carbonyl (C=O) groups excluding carboxylic acids is 1. The number of furan rings is 1. The van der Waals surface area contributed by atoms with E-state index in [4.69, 9.17) is 4.42 Å². The predicted molar refractivity (Wildman–Crippen MR) is 65.3 cm³/mol. The van der Waals surface area contributed by atoms with Gasteiger partial charge in [0.05, 0.1) is 10.5 Å². The van der Waals surface area contributed by atoms with Crippen LogP contribution in [0.4, 0.5) is 11.7 Å². The lowest BCUT2D eigenvalue weighted by Gasteiger charge is -2.03. The topological polar surface area (TPSA) is 98.3 Å². The van der Waals surface area contributed by atoms with Gasteiger partial charge >= 0.3 is 5.88 Å². The van der Waals surface area contributed by atoms with E-state index in [0.29, 0.717) is 10.3 Å². The minimum Gasteiger partial charge on any atom is -0.395 e. The first kappa shape index (κ1) is 12.2. The van der Waals surface area contributed by atoms with Gasteiger partial charge in [-0.05, 0) is 34.1 Å². The van der Waals surface area contributed by atoms with Gasteiger partial charge < -0.3 is 9.73 Å². The van der Waals surface area contributed by atoms with E-state index in [1.807, 2.05) is 0 Å². The van der Waals surface area contributed by atoms with Gasteiger partial charge in [-0.1, -0.05) is 0 Å². The Morgan fingerprint density at radius 3 is 2.83 bits per heavy atom. The lowest BCUT2D eigenvalue weighted by atomic mass is 10.4. The third-order valence-corrected chi connectivity index (χ3v) is 2.63. The van der Waals surface area contributed by atoms with Crippen LogP contribution < -0.4 is 5.32 Å². The molecule has 0 fully saturated rings. The summed E-state index contributed by atoms with van der Waals surface area (Å²) in [6.07, 6.45) is 1.50. The van der Waals surface area contributed by atoms with Gasteiger partial charge in [0.2, 0.25) is 0 Å². The largest absolute Gasteiger partial charge is 0.433 e. The molecule has 92 valence electrons. The van der Waals surface area contributed by atoms with Crippen molar-refractivity contribution in [1.82, 2.24) is 4.98 Å². The lowest BCUT2D eigenvalue weighted by Crippen LogP contribution is -2.12. The molecule has 0 saturated carbocycles. The van der Waals surface area contributed by atoms with Crippen molar-refractivity contribution in [1.29, 1.82) is 0 Å². The van der Waals surface area contributed by atoms with Crippen LogP contribution in [-0.2, 0) is 0 Å². The fourth-order valence-corrected chi connectivity index (χ4v) is 1.55. The van der Waals surface area contributed by atoms with E-state index in [1.165, 1.54) is 12.3 Å². The Labute approximate surface area is 109 Å². The Balaban J connectivity index is 2.17. The number of amides is 1. The minimum atomic E-state index is -0.715. The molecule has 0 saturated heterocycles. The van der Waals surface area contributed by atoms with Gasteiger partial charge in [-0.15, -0.1) is 0 Å². The van der Waals surface area contributed by atoms with Crippen LogP contribution in [-0.4, -0.2) is 15.8 Å². The number of pyridine rings is 1. The highest BCUT2D eigenvalue weighted by Gasteiger charge is 2.18. The standard InChI is InChI=1S/C10H6BrN3O4/c11-6-2-1-5-12-9(6)13-10(15)7-3-4-8(18-7)14(16)17/h1-5H,(H,12,13,15). The molecule has 0 radical (unpaired) electrons. The first-order chi connectivity index (χ1) is 8.58. The molecule has 2 aromatic heterocycles. The second kappa shape index (κ2) is 4.96. The van der Waals surface area contributed by atoms with Crippen molar-refractivity contribution in [3.63, 3.8) is 0 Å². The average Bonchev–Trinajstić information content (AvgIpc) is 2.81. The second-order valence-electron chi connectivity index (χ2n) is 3.18. The summed E-state index contributed by atoms with van der Waals surface area (Å²) >= 11 is 3.21. The molecule has 8 heteroatoms. The first-order valence-corrected chi connectivity index (χ1v) is 5.53. The van der Waals surface area contributed by atoms with Gasteiger partial charge in [0, 0.05) is 6.20 Å². The molecule has 2 rings (SSSR count). The molecule has 0 aliphatic rings. The number of halogens is 1. The van der Waals surface area contributed by atoms with Crippen LogP contribution in [0.3, 0.4) is 0 Å². The molecule has 2 aromatic rings. The SMILES string of the molecule is O=C(Nc1ncccc1Br)c1ccc([N+](=O)[O-])o1. The molecule has 18 heavy (non-hydrogen) atoms. The van der Waals surface area contributed by atoms with Crippen LogP contribution in [0.5, 0.6) is 0 Å². The molecular formula is C10H6BrN3O4. The normalized spacial score (nSPS) is 10.1. The van der Waals surface area contributed by atoms with Crippen molar-refractivity contribution in [3.05, 3.63) is 50.8 Å². The summed E-state index contributed by atoms with van der Waals surface area (Å²) in [6, 6.07) is 5.73. The maximum Gasteiger partial charge on any atom is 0.433 e. The van der Waals surface area contributed by atoms with Gasteiger partial charge in [-0.3, -0.25) is 14.9 Å². The molecule has 1 amide bonds. The predicted octanol–water partition coefficient (Wildman–Crippen LogP) is 2.60. The number of nitrogens with zero attached hydrogens (tertiary/aromatic N) is 2. The number of rotatable bonds is 3. The summed E-state index contributed by atoms with van der Waals surface area (Å²) in [7, 11) is 0. The van der Waals surface area contributed by atoms with E-state index in [1.54, 1.807) is 12.1 Å². The van der Waals surface area contributed by atoms with E-state index in [9.17, 15) is 14.9 Å².